The van der Waals surface area contributed by atoms with E-state index in [0.717, 1.165) is 6.42 Å². The fraction of sp³-hybridized carbons (Fsp3) is 0.667. The number of carbonyl (C=O) groups excluding carboxylic acids is 1. The molecule has 0 aliphatic heterocycles. The lowest BCUT2D eigenvalue weighted by atomic mass is 9.64. The molecule has 2 heteroatoms. The highest BCUT2D eigenvalue weighted by atomic mass is 16.1. The minimum absolute atomic E-state index is 0.0323. The summed E-state index contributed by atoms with van der Waals surface area (Å²) in [6.45, 7) is 11.3. The van der Waals surface area contributed by atoms with Gasteiger partial charge >= 0.3 is 0 Å². The van der Waals surface area contributed by atoms with Crippen LogP contribution in [0, 0.1) is 17.3 Å². The fourth-order valence-electron chi connectivity index (χ4n) is 3.05. The highest BCUT2D eigenvalue weighted by Gasteiger charge is 2.35. The molecule has 0 radical (unpaired) electrons. The minimum atomic E-state index is 0.0323. The smallest absolute Gasteiger partial charge is 0.217 e. The van der Waals surface area contributed by atoms with Crippen molar-refractivity contribution in [1.29, 1.82) is 0 Å². The Morgan fingerprint density at radius 1 is 1.47 bits per heavy atom. The second-order valence-electron chi connectivity index (χ2n) is 5.84. The number of amides is 1. The molecular weight excluding hydrogens is 210 g/mol. The summed E-state index contributed by atoms with van der Waals surface area (Å²) >= 11 is 0. The highest BCUT2D eigenvalue weighted by molar-refractivity contribution is 5.72. The van der Waals surface area contributed by atoms with Crippen LogP contribution < -0.4 is 5.32 Å². The maximum atomic E-state index is 10.8. The number of hydrogen-bond donors (Lipinski definition) is 1. The molecule has 0 heterocycles. The first-order valence-electron chi connectivity index (χ1n) is 6.42. The molecule has 2 unspecified atom stereocenters. The SMILES string of the molecule is CC(=O)NC/C=C(/C)C1C(C)C=CCC1(C)C. The molecule has 0 aromatic heterocycles. The maximum absolute atomic E-state index is 10.8. The van der Waals surface area contributed by atoms with Crippen molar-refractivity contribution in [2.45, 2.75) is 41.0 Å². The van der Waals surface area contributed by atoms with Crippen molar-refractivity contribution in [2.75, 3.05) is 6.54 Å². The quantitative estimate of drug-likeness (QED) is 0.747. The highest BCUT2D eigenvalue weighted by Crippen LogP contribution is 2.44. The van der Waals surface area contributed by atoms with Gasteiger partial charge in [0, 0.05) is 13.5 Å². The van der Waals surface area contributed by atoms with E-state index in [1.54, 1.807) is 6.92 Å². The van der Waals surface area contributed by atoms with Gasteiger partial charge < -0.3 is 5.32 Å². The topological polar surface area (TPSA) is 29.1 Å². The van der Waals surface area contributed by atoms with Gasteiger partial charge in [-0.15, -0.1) is 0 Å². The van der Waals surface area contributed by atoms with Crippen LogP contribution in [-0.4, -0.2) is 12.5 Å². The van der Waals surface area contributed by atoms with Crippen molar-refractivity contribution in [3.63, 3.8) is 0 Å². The summed E-state index contributed by atoms with van der Waals surface area (Å²) in [7, 11) is 0. The van der Waals surface area contributed by atoms with Crippen LogP contribution in [0.4, 0.5) is 0 Å². The van der Waals surface area contributed by atoms with Crippen molar-refractivity contribution in [3.8, 4) is 0 Å². The predicted octanol–water partition coefficient (Wildman–Crippen LogP) is 3.31. The Morgan fingerprint density at radius 2 is 2.12 bits per heavy atom. The van der Waals surface area contributed by atoms with Crippen molar-refractivity contribution >= 4 is 5.91 Å². The number of allylic oxidation sites excluding steroid dienone is 3. The van der Waals surface area contributed by atoms with Crippen molar-refractivity contribution in [1.82, 2.24) is 5.32 Å². The summed E-state index contributed by atoms with van der Waals surface area (Å²) in [5.41, 5.74) is 1.70. The molecule has 0 saturated carbocycles. The molecule has 1 aliphatic rings. The molecule has 0 saturated heterocycles. The van der Waals surface area contributed by atoms with E-state index in [-0.39, 0.29) is 5.91 Å². The Kier molecular flexibility index (Phi) is 4.55. The summed E-state index contributed by atoms with van der Waals surface area (Å²) in [5, 5.41) is 2.82. The molecular formula is C15H25NO. The fourth-order valence-corrected chi connectivity index (χ4v) is 3.05. The van der Waals surface area contributed by atoms with E-state index in [4.69, 9.17) is 0 Å². The molecule has 17 heavy (non-hydrogen) atoms. The lowest BCUT2D eigenvalue weighted by molar-refractivity contribution is -0.118. The van der Waals surface area contributed by atoms with E-state index in [1.165, 1.54) is 5.57 Å². The van der Waals surface area contributed by atoms with E-state index >= 15 is 0 Å². The number of nitrogens with one attached hydrogen (secondary N) is 1. The van der Waals surface area contributed by atoms with Gasteiger partial charge in [-0.1, -0.05) is 44.6 Å². The summed E-state index contributed by atoms with van der Waals surface area (Å²) < 4.78 is 0. The van der Waals surface area contributed by atoms with Gasteiger partial charge in [-0.05, 0) is 30.6 Å². The number of hydrogen-bond acceptors (Lipinski definition) is 1. The molecule has 0 bridgehead atoms. The molecule has 1 rings (SSSR count). The average Bonchev–Trinajstić information content (AvgIpc) is 2.15. The van der Waals surface area contributed by atoms with Crippen LogP contribution in [0.1, 0.15) is 41.0 Å². The van der Waals surface area contributed by atoms with Crippen molar-refractivity contribution in [3.05, 3.63) is 23.8 Å². The third kappa shape index (κ3) is 3.72. The molecule has 2 atom stereocenters. The Labute approximate surface area is 105 Å². The van der Waals surface area contributed by atoms with E-state index in [0.29, 0.717) is 23.8 Å². The first-order chi connectivity index (χ1) is 7.84. The van der Waals surface area contributed by atoms with Crippen LogP contribution in [0.3, 0.4) is 0 Å². The van der Waals surface area contributed by atoms with Crippen LogP contribution in [0.15, 0.2) is 23.8 Å². The molecule has 2 nitrogen and oxygen atoms in total. The van der Waals surface area contributed by atoms with Crippen LogP contribution in [0.2, 0.25) is 0 Å². The third-order valence-corrected chi connectivity index (χ3v) is 3.72. The molecule has 0 aromatic carbocycles. The largest absolute Gasteiger partial charge is 0.353 e. The van der Waals surface area contributed by atoms with Gasteiger partial charge in [-0.25, -0.2) is 0 Å². The normalized spacial score (nSPS) is 27.9. The van der Waals surface area contributed by atoms with Gasteiger partial charge in [0.25, 0.3) is 0 Å². The Hall–Kier alpha value is -1.05. The summed E-state index contributed by atoms with van der Waals surface area (Å²) in [5.74, 6) is 1.18. The van der Waals surface area contributed by atoms with Gasteiger partial charge in [0.2, 0.25) is 5.91 Å². The van der Waals surface area contributed by atoms with E-state index in [9.17, 15) is 4.79 Å². The van der Waals surface area contributed by atoms with Gasteiger partial charge in [0.05, 0.1) is 0 Å². The van der Waals surface area contributed by atoms with E-state index in [2.05, 4.69) is 51.2 Å². The molecule has 0 aromatic rings. The zero-order valence-electron chi connectivity index (χ0n) is 11.7. The molecule has 1 amide bonds. The van der Waals surface area contributed by atoms with Crippen molar-refractivity contribution in [2.24, 2.45) is 17.3 Å². The van der Waals surface area contributed by atoms with Gasteiger partial charge in [-0.3, -0.25) is 4.79 Å². The molecule has 96 valence electrons. The predicted molar refractivity (Wildman–Crippen MR) is 72.6 cm³/mol. The molecule has 0 fully saturated rings. The van der Waals surface area contributed by atoms with Gasteiger partial charge in [-0.2, -0.15) is 0 Å². The zero-order chi connectivity index (χ0) is 13.1. The van der Waals surface area contributed by atoms with Crippen LogP contribution in [0.5, 0.6) is 0 Å². The second kappa shape index (κ2) is 5.52. The second-order valence-corrected chi connectivity index (χ2v) is 5.84. The molecule has 0 spiro atoms. The van der Waals surface area contributed by atoms with Crippen LogP contribution >= 0.6 is 0 Å². The first-order valence-corrected chi connectivity index (χ1v) is 6.42. The van der Waals surface area contributed by atoms with E-state index < -0.39 is 0 Å². The van der Waals surface area contributed by atoms with Crippen LogP contribution in [0.25, 0.3) is 0 Å². The Bertz CT molecular complexity index is 339. The summed E-state index contributed by atoms with van der Waals surface area (Å²) in [6.07, 6.45) is 7.89. The first kappa shape index (κ1) is 14.0. The number of rotatable bonds is 3. The summed E-state index contributed by atoms with van der Waals surface area (Å²) in [4.78, 5) is 10.8. The summed E-state index contributed by atoms with van der Waals surface area (Å²) in [6, 6.07) is 0. The van der Waals surface area contributed by atoms with Gasteiger partial charge in [0.15, 0.2) is 0 Å². The number of carbonyl (C=O) groups is 1. The van der Waals surface area contributed by atoms with Gasteiger partial charge in [0.1, 0.15) is 0 Å². The lowest BCUT2D eigenvalue weighted by Crippen LogP contribution is -2.32. The zero-order valence-corrected chi connectivity index (χ0v) is 11.7. The van der Waals surface area contributed by atoms with E-state index in [1.807, 2.05) is 0 Å². The van der Waals surface area contributed by atoms with Crippen molar-refractivity contribution < 1.29 is 4.79 Å². The maximum Gasteiger partial charge on any atom is 0.217 e. The lowest BCUT2D eigenvalue weighted by Gasteiger charge is -2.40. The monoisotopic (exact) mass is 235 g/mol. The average molecular weight is 235 g/mol. The molecule has 1 aliphatic carbocycles. The Morgan fingerprint density at radius 3 is 2.65 bits per heavy atom. The Balaban J connectivity index is 2.75. The standard InChI is InChI=1S/C15H25NO/c1-11-7-6-9-15(4,5)14(11)12(2)8-10-16-13(3)17/h6-8,11,14H,9-10H2,1-5H3,(H,16,17)/b12-8-. The molecule has 1 N–H and O–H groups in total. The third-order valence-electron chi connectivity index (χ3n) is 3.72. The van der Waals surface area contributed by atoms with Crippen LogP contribution in [-0.2, 0) is 4.79 Å². The minimum Gasteiger partial charge on any atom is -0.353 e.